The molecule has 2 aromatic carbocycles. The van der Waals surface area contributed by atoms with Gasteiger partial charge in [-0.1, -0.05) is 29.8 Å². The van der Waals surface area contributed by atoms with Crippen LogP contribution >= 0.6 is 11.6 Å². The number of hydrogen-bond donors (Lipinski definition) is 0. The second-order valence-corrected chi connectivity index (χ2v) is 6.40. The van der Waals surface area contributed by atoms with E-state index in [4.69, 9.17) is 16.3 Å². The van der Waals surface area contributed by atoms with Crippen LogP contribution in [0, 0.1) is 0 Å². The number of hydrogen-bond acceptors (Lipinski definition) is 3. The van der Waals surface area contributed by atoms with Crippen molar-refractivity contribution < 1.29 is 4.74 Å². The molecule has 4 nitrogen and oxygen atoms in total. The van der Waals surface area contributed by atoms with Gasteiger partial charge in [0, 0.05) is 28.7 Å². The van der Waals surface area contributed by atoms with Gasteiger partial charge in [0.1, 0.15) is 6.73 Å². The Morgan fingerprint density at radius 3 is 2.36 bits per heavy atom. The van der Waals surface area contributed by atoms with Gasteiger partial charge in [0.15, 0.2) is 0 Å². The quantitative estimate of drug-likeness (QED) is 0.714. The second-order valence-electron chi connectivity index (χ2n) is 5.96. The van der Waals surface area contributed by atoms with Crippen molar-refractivity contribution in [3.63, 3.8) is 0 Å². The Morgan fingerprint density at radius 2 is 1.64 bits per heavy atom. The molecule has 25 heavy (non-hydrogen) atoms. The number of halogens is 1. The topological polar surface area (TPSA) is 34.5 Å². The Bertz CT molecular complexity index is 919. The first-order valence-electron chi connectivity index (χ1n) is 8.10. The monoisotopic (exact) mass is 352 g/mol. The summed E-state index contributed by atoms with van der Waals surface area (Å²) in [6.07, 6.45) is 1.77. The highest BCUT2D eigenvalue weighted by Crippen LogP contribution is 2.32. The van der Waals surface area contributed by atoms with Crippen LogP contribution < -0.4 is 10.5 Å². The van der Waals surface area contributed by atoms with E-state index in [1.165, 1.54) is 0 Å². The van der Waals surface area contributed by atoms with Gasteiger partial charge >= 0.3 is 0 Å². The SMILES string of the molecule is O=c1ccccn1-c1ccc(C2COCN2c2ccc(Cl)cc2)cc1. The minimum Gasteiger partial charge on any atom is -0.359 e. The van der Waals surface area contributed by atoms with Gasteiger partial charge in [0.2, 0.25) is 0 Å². The number of rotatable bonds is 3. The maximum atomic E-state index is 11.9. The molecule has 1 unspecified atom stereocenters. The molecule has 2 heterocycles. The zero-order valence-electron chi connectivity index (χ0n) is 13.5. The van der Waals surface area contributed by atoms with Crippen molar-refractivity contribution in [1.82, 2.24) is 4.57 Å². The van der Waals surface area contributed by atoms with E-state index in [1.54, 1.807) is 22.9 Å². The summed E-state index contributed by atoms with van der Waals surface area (Å²) < 4.78 is 7.31. The average molecular weight is 353 g/mol. The Balaban J connectivity index is 1.62. The summed E-state index contributed by atoms with van der Waals surface area (Å²) in [6.45, 7) is 1.18. The predicted molar refractivity (Wildman–Crippen MR) is 99.5 cm³/mol. The standard InChI is InChI=1S/C20H17ClN2O2/c21-16-6-10-18(11-7-16)23-14-25-13-19(23)15-4-8-17(9-5-15)22-12-2-1-3-20(22)24/h1-12,19H,13-14H2. The highest BCUT2D eigenvalue weighted by atomic mass is 35.5. The van der Waals surface area contributed by atoms with Gasteiger partial charge in [-0.3, -0.25) is 9.36 Å². The maximum absolute atomic E-state index is 11.9. The van der Waals surface area contributed by atoms with Crippen LogP contribution in [-0.4, -0.2) is 17.9 Å². The Morgan fingerprint density at radius 1 is 0.920 bits per heavy atom. The molecule has 1 atom stereocenters. The summed E-state index contributed by atoms with van der Waals surface area (Å²) in [6, 6.07) is 21.1. The summed E-state index contributed by atoms with van der Waals surface area (Å²) in [7, 11) is 0. The van der Waals surface area contributed by atoms with Crippen LogP contribution in [0.25, 0.3) is 5.69 Å². The van der Waals surface area contributed by atoms with Crippen molar-refractivity contribution in [2.75, 3.05) is 18.2 Å². The molecular formula is C20H17ClN2O2. The molecule has 0 aliphatic carbocycles. The lowest BCUT2D eigenvalue weighted by atomic mass is 10.1. The second kappa shape index (κ2) is 6.75. The van der Waals surface area contributed by atoms with E-state index < -0.39 is 0 Å². The molecule has 3 aromatic rings. The van der Waals surface area contributed by atoms with Crippen LogP contribution in [0.15, 0.2) is 77.7 Å². The van der Waals surface area contributed by atoms with Gasteiger partial charge in [-0.05, 0) is 48.0 Å². The first-order chi connectivity index (χ1) is 12.2. The number of pyridine rings is 1. The molecule has 0 spiro atoms. The third-order valence-electron chi connectivity index (χ3n) is 4.42. The number of benzene rings is 2. The average Bonchev–Trinajstić information content (AvgIpc) is 3.13. The van der Waals surface area contributed by atoms with Crippen LogP contribution in [0.2, 0.25) is 5.02 Å². The first-order valence-corrected chi connectivity index (χ1v) is 8.48. The molecule has 0 N–H and O–H groups in total. The zero-order valence-corrected chi connectivity index (χ0v) is 14.3. The summed E-state index contributed by atoms with van der Waals surface area (Å²) in [5.41, 5.74) is 3.05. The summed E-state index contributed by atoms with van der Waals surface area (Å²) >= 11 is 5.98. The summed E-state index contributed by atoms with van der Waals surface area (Å²) in [5, 5.41) is 0.720. The predicted octanol–water partition coefficient (Wildman–Crippen LogP) is 4.03. The minimum atomic E-state index is -0.0396. The van der Waals surface area contributed by atoms with Crippen molar-refractivity contribution in [1.29, 1.82) is 0 Å². The lowest BCUT2D eigenvalue weighted by molar-refractivity contribution is 0.194. The molecular weight excluding hydrogens is 336 g/mol. The van der Waals surface area contributed by atoms with Crippen LogP contribution in [0.4, 0.5) is 5.69 Å². The fraction of sp³-hybridized carbons (Fsp3) is 0.150. The third kappa shape index (κ3) is 3.18. The van der Waals surface area contributed by atoms with Gasteiger partial charge in [0.25, 0.3) is 5.56 Å². The maximum Gasteiger partial charge on any atom is 0.255 e. The molecule has 4 rings (SSSR count). The van der Waals surface area contributed by atoms with Gasteiger partial charge in [-0.15, -0.1) is 0 Å². The molecule has 1 aromatic heterocycles. The van der Waals surface area contributed by atoms with Crippen molar-refractivity contribution in [2.24, 2.45) is 0 Å². The van der Waals surface area contributed by atoms with E-state index in [2.05, 4.69) is 17.0 Å². The lowest BCUT2D eigenvalue weighted by Gasteiger charge is -2.25. The van der Waals surface area contributed by atoms with E-state index in [-0.39, 0.29) is 11.6 Å². The molecule has 1 saturated heterocycles. The fourth-order valence-electron chi connectivity index (χ4n) is 3.10. The van der Waals surface area contributed by atoms with Crippen molar-refractivity contribution in [3.8, 4) is 5.69 Å². The van der Waals surface area contributed by atoms with Crippen molar-refractivity contribution >= 4 is 17.3 Å². The minimum absolute atomic E-state index is 0.0396. The fourth-order valence-corrected chi connectivity index (χ4v) is 3.23. The van der Waals surface area contributed by atoms with Gasteiger partial charge in [-0.2, -0.15) is 0 Å². The summed E-state index contributed by atoms with van der Waals surface area (Å²) in [4.78, 5) is 14.2. The first kappa shape index (κ1) is 15.9. The molecule has 1 aliphatic rings. The van der Waals surface area contributed by atoms with E-state index >= 15 is 0 Å². The van der Waals surface area contributed by atoms with E-state index in [9.17, 15) is 4.79 Å². The number of nitrogens with zero attached hydrogens (tertiary/aromatic N) is 2. The van der Waals surface area contributed by atoms with Crippen molar-refractivity contribution in [2.45, 2.75) is 6.04 Å². The van der Waals surface area contributed by atoms with Crippen LogP contribution in [0.1, 0.15) is 11.6 Å². The number of aromatic nitrogens is 1. The van der Waals surface area contributed by atoms with Gasteiger partial charge in [-0.25, -0.2) is 0 Å². The highest BCUT2D eigenvalue weighted by molar-refractivity contribution is 6.30. The molecule has 1 aliphatic heterocycles. The van der Waals surface area contributed by atoms with E-state index in [1.807, 2.05) is 42.5 Å². The molecule has 5 heteroatoms. The molecule has 0 amide bonds. The third-order valence-corrected chi connectivity index (χ3v) is 4.67. The van der Waals surface area contributed by atoms with Crippen molar-refractivity contribution in [3.05, 3.63) is 93.9 Å². The molecule has 1 fully saturated rings. The largest absolute Gasteiger partial charge is 0.359 e. The zero-order chi connectivity index (χ0) is 17.2. The van der Waals surface area contributed by atoms with Crippen LogP contribution in [0.5, 0.6) is 0 Å². The number of anilines is 1. The normalized spacial score (nSPS) is 17.0. The smallest absolute Gasteiger partial charge is 0.255 e. The Labute approximate surface area is 150 Å². The Kier molecular flexibility index (Phi) is 4.30. The molecule has 0 radical (unpaired) electrons. The molecule has 0 saturated carbocycles. The lowest BCUT2D eigenvalue weighted by Crippen LogP contribution is -2.23. The van der Waals surface area contributed by atoms with Gasteiger partial charge < -0.3 is 9.64 Å². The Hall–Kier alpha value is -2.56. The van der Waals surface area contributed by atoms with Gasteiger partial charge in [0.05, 0.1) is 12.6 Å². The van der Waals surface area contributed by atoms with E-state index in [0.29, 0.717) is 13.3 Å². The van der Waals surface area contributed by atoms with E-state index in [0.717, 1.165) is 22.0 Å². The van der Waals surface area contributed by atoms with Crippen LogP contribution in [-0.2, 0) is 4.74 Å². The summed E-state index contributed by atoms with van der Waals surface area (Å²) in [5.74, 6) is 0. The molecule has 0 bridgehead atoms. The molecule has 126 valence electrons. The van der Waals surface area contributed by atoms with Crippen LogP contribution in [0.3, 0.4) is 0 Å². The number of ether oxygens (including phenoxy) is 1. The highest BCUT2D eigenvalue weighted by Gasteiger charge is 2.27.